The van der Waals surface area contributed by atoms with Crippen molar-refractivity contribution in [1.29, 1.82) is 0 Å². The largest absolute Gasteiger partial charge is 0.497 e. The van der Waals surface area contributed by atoms with Crippen LogP contribution in [0.3, 0.4) is 0 Å². The van der Waals surface area contributed by atoms with Crippen LogP contribution in [0.2, 0.25) is 0 Å². The molecule has 3 rings (SSSR count). The zero-order valence-electron chi connectivity index (χ0n) is 8.40. The lowest BCUT2D eigenvalue weighted by Gasteiger charge is -2.43. The van der Waals surface area contributed by atoms with Gasteiger partial charge in [0.15, 0.2) is 6.23 Å². The first-order valence-electron chi connectivity index (χ1n) is 4.91. The average Bonchev–Trinajstić information content (AvgIpc) is 2.26. The molecule has 2 aliphatic rings. The maximum atomic E-state index is 11.2. The highest BCUT2D eigenvalue weighted by atomic mass is 16.5. The number of benzene rings is 1. The molecule has 2 heterocycles. The van der Waals surface area contributed by atoms with Gasteiger partial charge in [0.25, 0.3) is 0 Å². The Morgan fingerprint density at radius 3 is 3.13 bits per heavy atom. The van der Waals surface area contributed by atoms with Crippen LogP contribution in [0.15, 0.2) is 18.2 Å². The molecule has 1 fully saturated rings. The van der Waals surface area contributed by atoms with Gasteiger partial charge in [0.2, 0.25) is 5.91 Å². The van der Waals surface area contributed by atoms with E-state index >= 15 is 0 Å². The second kappa shape index (κ2) is 2.89. The summed E-state index contributed by atoms with van der Waals surface area (Å²) < 4.78 is 10.8. The molecule has 0 aliphatic carbocycles. The number of fused-ring (bicyclic) bond motifs is 2. The topological polar surface area (TPSA) is 38.8 Å². The van der Waals surface area contributed by atoms with Gasteiger partial charge in [0.1, 0.15) is 11.5 Å². The molecule has 0 radical (unpaired) electrons. The number of nitrogens with zero attached hydrogens (tertiary/aromatic N) is 1. The van der Waals surface area contributed by atoms with Crippen LogP contribution in [0.5, 0.6) is 11.5 Å². The highest BCUT2D eigenvalue weighted by Gasteiger charge is 2.41. The van der Waals surface area contributed by atoms with Crippen LogP contribution < -0.4 is 9.47 Å². The van der Waals surface area contributed by atoms with Crippen LogP contribution in [-0.4, -0.2) is 24.1 Å². The van der Waals surface area contributed by atoms with E-state index in [1.807, 2.05) is 18.2 Å². The Hall–Kier alpha value is -1.71. The van der Waals surface area contributed by atoms with E-state index in [9.17, 15) is 4.79 Å². The SMILES string of the molecule is COc1ccc2c(c1)O[C@@H]1CC(=O)N1C2. The molecular weight excluding hydrogens is 194 g/mol. The third kappa shape index (κ3) is 1.17. The monoisotopic (exact) mass is 205 g/mol. The minimum absolute atomic E-state index is 0.0582. The summed E-state index contributed by atoms with van der Waals surface area (Å²) in [6.45, 7) is 0.656. The van der Waals surface area contributed by atoms with Crippen LogP contribution in [0, 0.1) is 0 Å². The third-order valence-corrected chi connectivity index (χ3v) is 2.90. The Balaban J connectivity index is 1.95. The molecule has 78 valence electrons. The van der Waals surface area contributed by atoms with Crippen molar-refractivity contribution in [2.75, 3.05) is 7.11 Å². The molecule has 0 N–H and O–H groups in total. The van der Waals surface area contributed by atoms with Crippen LogP contribution in [0.4, 0.5) is 0 Å². The molecule has 1 aromatic rings. The fourth-order valence-electron chi connectivity index (χ4n) is 1.95. The van der Waals surface area contributed by atoms with Crippen molar-refractivity contribution in [3.63, 3.8) is 0 Å². The van der Waals surface area contributed by atoms with E-state index in [1.54, 1.807) is 12.0 Å². The molecule has 2 aliphatic heterocycles. The number of carbonyl (C=O) groups excluding carboxylic acids is 1. The highest BCUT2D eigenvalue weighted by Crippen LogP contribution is 2.36. The standard InChI is InChI=1S/C11H11NO3/c1-14-8-3-2-7-6-12-10(13)5-11(12)15-9(7)4-8/h2-4,11H,5-6H2,1H3/t11-/m1/s1. The van der Waals surface area contributed by atoms with Crippen molar-refractivity contribution in [1.82, 2.24) is 4.90 Å². The molecule has 1 amide bonds. The molecule has 1 aromatic carbocycles. The fraction of sp³-hybridized carbons (Fsp3) is 0.364. The molecular formula is C11H11NO3. The predicted octanol–water partition coefficient (Wildman–Crippen LogP) is 1.15. The summed E-state index contributed by atoms with van der Waals surface area (Å²) in [5.41, 5.74) is 1.04. The van der Waals surface area contributed by atoms with E-state index in [0.29, 0.717) is 13.0 Å². The van der Waals surface area contributed by atoms with Gasteiger partial charge in [-0.05, 0) is 12.1 Å². The second-order valence-corrected chi connectivity index (χ2v) is 3.77. The fourth-order valence-corrected chi connectivity index (χ4v) is 1.95. The van der Waals surface area contributed by atoms with E-state index in [2.05, 4.69) is 0 Å². The van der Waals surface area contributed by atoms with Gasteiger partial charge >= 0.3 is 0 Å². The molecule has 0 spiro atoms. The molecule has 1 saturated heterocycles. The first-order chi connectivity index (χ1) is 7.28. The van der Waals surface area contributed by atoms with Crippen LogP contribution >= 0.6 is 0 Å². The summed E-state index contributed by atoms with van der Waals surface area (Å²) in [5, 5.41) is 0. The molecule has 0 saturated carbocycles. The Labute approximate surface area is 87.4 Å². The van der Waals surface area contributed by atoms with E-state index < -0.39 is 0 Å². The van der Waals surface area contributed by atoms with Crippen molar-refractivity contribution in [3.8, 4) is 11.5 Å². The third-order valence-electron chi connectivity index (χ3n) is 2.90. The van der Waals surface area contributed by atoms with Crippen LogP contribution in [0.1, 0.15) is 12.0 Å². The van der Waals surface area contributed by atoms with Crippen molar-refractivity contribution >= 4 is 5.91 Å². The average molecular weight is 205 g/mol. The molecule has 4 nitrogen and oxygen atoms in total. The lowest BCUT2D eigenvalue weighted by Crippen LogP contribution is -2.56. The summed E-state index contributed by atoms with van der Waals surface area (Å²) in [6, 6.07) is 5.69. The number of rotatable bonds is 1. The zero-order chi connectivity index (χ0) is 10.4. The van der Waals surface area contributed by atoms with E-state index in [0.717, 1.165) is 17.1 Å². The van der Waals surface area contributed by atoms with Gasteiger partial charge in [-0.15, -0.1) is 0 Å². The van der Waals surface area contributed by atoms with Crippen molar-refractivity contribution in [3.05, 3.63) is 23.8 Å². The van der Waals surface area contributed by atoms with E-state index in [4.69, 9.17) is 9.47 Å². The van der Waals surface area contributed by atoms with Crippen molar-refractivity contribution < 1.29 is 14.3 Å². The summed E-state index contributed by atoms with van der Waals surface area (Å²) in [4.78, 5) is 13.0. The Morgan fingerprint density at radius 1 is 1.53 bits per heavy atom. The first kappa shape index (κ1) is 8.59. The summed E-state index contributed by atoms with van der Waals surface area (Å²) in [6.07, 6.45) is 0.438. The molecule has 15 heavy (non-hydrogen) atoms. The maximum Gasteiger partial charge on any atom is 0.231 e. The van der Waals surface area contributed by atoms with Gasteiger partial charge in [0, 0.05) is 11.6 Å². The second-order valence-electron chi connectivity index (χ2n) is 3.77. The highest BCUT2D eigenvalue weighted by molar-refractivity contribution is 5.83. The lowest BCUT2D eigenvalue weighted by atomic mass is 10.0. The Bertz CT molecular complexity index is 430. The summed E-state index contributed by atoms with van der Waals surface area (Å²) in [7, 11) is 1.63. The number of β-lactam (4-membered cyclic amide) rings is 1. The quantitative estimate of drug-likeness (QED) is 0.645. The maximum absolute atomic E-state index is 11.2. The zero-order valence-corrected chi connectivity index (χ0v) is 8.40. The van der Waals surface area contributed by atoms with Gasteiger partial charge < -0.3 is 14.4 Å². The summed E-state index contributed by atoms with van der Waals surface area (Å²) >= 11 is 0. The van der Waals surface area contributed by atoms with Gasteiger partial charge in [-0.2, -0.15) is 0 Å². The molecule has 0 bridgehead atoms. The smallest absolute Gasteiger partial charge is 0.231 e. The van der Waals surface area contributed by atoms with E-state index in [1.165, 1.54) is 0 Å². The summed E-state index contributed by atoms with van der Waals surface area (Å²) in [5.74, 6) is 1.79. The molecule has 4 heteroatoms. The Morgan fingerprint density at radius 2 is 2.40 bits per heavy atom. The molecule has 1 atom stereocenters. The number of carbonyl (C=O) groups is 1. The minimum Gasteiger partial charge on any atom is -0.497 e. The molecule has 0 unspecified atom stereocenters. The molecule has 0 aromatic heterocycles. The minimum atomic E-state index is -0.0582. The number of methoxy groups -OCH3 is 1. The van der Waals surface area contributed by atoms with Crippen molar-refractivity contribution in [2.24, 2.45) is 0 Å². The first-order valence-corrected chi connectivity index (χ1v) is 4.91. The number of hydrogen-bond acceptors (Lipinski definition) is 3. The van der Waals surface area contributed by atoms with Gasteiger partial charge in [0.05, 0.1) is 20.1 Å². The number of ether oxygens (including phenoxy) is 2. The van der Waals surface area contributed by atoms with E-state index in [-0.39, 0.29) is 12.1 Å². The van der Waals surface area contributed by atoms with Gasteiger partial charge in [-0.3, -0.25) is 4.79 Å². The Kier molecular flexibility index (Phi) is 1.65. The number of hydrogen-bond donors (Lipinski definition) is 0. The van der Waals surface area contributed by atoms with Gasteiger partial charge in [-0.25, -0.2) is 0 Å². The normalized spacial score (nSPS) is 22.3. The predicted molar refractivity (Wildman–Crippen MR) is 52.6 cm³/mol. The van der Waals surface area contributed by atoms with Crippen LogP contribution in [0.25, 0.3) is 0 Å². The number of amides is 1. The van der Waals surface area contributed by atoms with Crippen LogP contribution in [-0.2, 0) is 11.3 Å². The van der Waals surface area contributed by atoms with Gasteiger partial charge in [-0.1, -0.05) is 0 Å². The lowest BCUT2D eigenvalue weighted by molar-refractivity contribution is -0.165. The van der Waals surface area contributed by atoms with Crippen molar-refractivity contribution in [2.45, 2.75) is 19.2 Å².